The number of ether oxygens (including phenoxy) is 1. The maximum absolute atomic E-state index is 12.7. The molecule has 1 aliphatic rings. The Morgan fingerprint density at radius 1 is 1.35 bits per heavy atom. The summed E-state index contributed by atoms with van der Waals surface area (Å²) >= 11 is 0. The van der Waals surface area contributed by atoms with Gasteiger partial charge in [-0.15, -0.1) is 5.10 Å². The lowest BCUT2D eigenvalue weighted by Crippen LogP contribution is -2.49. The smallest absolute Gasteiger partial charge is 0.435 e. The molecule has 140 valence electrons. The molecular weight excluding hydrogens is 332 g/mol. The van der Waals surface area contributed by atoms with Gasteiger partial charge in [0, 0.05) is 17.5 Å². The number of carbonyl (C=O) groups is 2. The molecule has 1 atom stereocenters. The number of hydrogen-bond acceptors (Lipinski definition) is 5. The number of fused-ring (bicyclic) bond motifs is 1. The molecule has 1 amide bonds. The lowest BCUT2D eigenvalue weighted by Gasteiger charge is -2.35. The first-order valence-corrected chi connectivity index (χ1v) is 9.01. The van der Waals surface area contributed by atoms with Crippen molar-refractivity contribution < 1.29 is 14.3 Å². The zero-order valence-corrected chi connectivity index (χ0v) is 15.7. The van der Waals surface area contributed by atoms with Crippen LogP contribution in [0, 0.1) is 5.92 Å². The Hall–Kier alpha value is -2.41. The largest absolute Gasteiger partial charge is 0.445 e. The zero-order valence-electron chi connectivity index (χ0n) is 15.7. The van der Waals surface area contributed by atoms with Gasteiger partial charge < -0.3 is 15.4 Å². The molecule has 0 spiro atoms. The van der Waals surface area contributed by atoms with Crippen LogP contribution in [0.1, 0.15) is 40.5 Å². The van der Waals surface area contributed by atoms with E-state index in [1.165, 1.54) is 4.68 Å². The molecule has 0 radical (unpaired) electrons. The highest BCUT2D eigenvalue weighted by Gasteiger charge is 2.30. The van der Waals surface area contributed by atoms with Crippen LogP contribution in [0.4, 0.5) is 10.6 Å². The van der Waals surface area contributed by atoms with Crippen molar-refractivity contribution in [3.05, 3.63) is 24.3 Å². The van der Waals surface area contributed by atoms with Crippen molar-refractivity contribution in [2.45, 2.75) is 52.2 Å². The van der Waals surface area contributed by atoms with Crippen LogP contribution in [0.2, 0.25) is 0 Å². The molecule has 7 nitrogen and oxygen atoms in total. The first-order valence-electron chi connectivity index (χ1n) is 9.01. The predicted molar refractivity (Wildman–Crippen MR) is 100 cm³/mol. The van der Waals surface area contributed by atoms with Gasteiger partial charge in [-0.25, -0.2) is 4.79 Å². The molecule has 2 N–H and O–H groups in total. The Morgan fingerprint density at radius 2 is 2.08 bits per heavy atom. The number of carbonyl (C=O) groups excluding carboxylic acids is 2. The average molecular weight is 358 g/mol. The zero-order chi connectivity index (χ0) is 18.9. The van der Waals surface area contributed by atoms with E-state index in [1.807, 2.05) is 18.2 Å². The third-order valence-electron chi connectivity index (χ3n) is 4.65. The molecule has 2 aromatic rings. The van der Waals surface area contributed by atoms with Crippen LogP contribution in [0.5, 0.6) is 0 Å². The molecule has 1 fully saturated rings. The van der Waals surface area contributed by atoms with Crippen LogP contribution in [-0.2, 0) is 9.53 Å². The first kappa shape index (κ1) is 18.4. The van der Waals surface area contributed by atoms with Gasteiger partial charge in [-0.05, 0) is 52.7 Å². The van der Waals surface area contributed by atoms with Gasteiger partial charge in [0.05, 0.1) is 17.5 Å². The monoisotopic (exact) mass is 358 g/mol. The third-order valence-corrected chi connectivity index (χ3v) is 4.65. The predicted octanol–water partition coefficient (Wildman–Crippen LogP) is 3.15. The molecular formula is C19H26N4O3. The lowest BCUT2D eigenvalue weighted by atomic mass is 9.86. The summed E-state index contributed by atoms with van der Waals surface area (Å²) in [6, 6.07) is 7.29. The van der Waals surface area contributed by atoms with Crippen molar-refractivity contribution in [2.24, 2.45) is 5.92 Å². The molecule has 1 aromatic carbocycles. The molecule has 7 heteroatoms. The van der Waals surface area contributed by atoms with Gasteiger partial charge >= 0.3 is 6.09 Å². The van der Waals surface area contributed by atoms with Crippen molar-refractivity contribution in [1.82, 2.24) is 15.1 Å². The second kappa shape index (κ2) is 7.07. The lowest BCUT2D eigenvalue weighted by molar-refractivity contribution is -0.120. The normalized spacial score (nSPS) is 19.5. The number of rotatable bonds is 3. The Labute approximate surface area is 153 Å². The second-order valence-corrected chi connectivity index (χ2v) is 7.70. The maximum Gasteiger partial charge on any atom is 0.435 e. The van der Waals surface area contributed by atoms with E-state index in [0.717, 1.165) is 12.8 Å². The highest BCUT2D eigenvalue weighted by atomic mass is 16.6. The summed E-state index contributed by atoms with van der Waals surface area (Å²) in [5, 5.41) is 11.3. The quantitative estimate of drug-likeness (QED) is 0.880. The summed E-state index contributed by atoms with van der Waals surface area (Å²) in [5.41, 5.74) is 0.669. The molecule has 0 unspecified atom stereocenters. The average Bonchev–Trinajstić information content (AvgIpc) is 2.93. The number of aromatic nitrogens is 2. The summed E-state index contributed by atoms with van der Waals surface area (Å²) in [6.07, 6.45) is 0.943. The summed E-state index contributed by atoms with van der Waals surface area (Å²) in [6.45, 7) is 8.47. The van der Waals surface area contributed by atoms with Crippen molar-refractivity contribution in [2.75, 3.05) is 11.9 Å². The molecule has 0 aliphatic carbocycles. The molecule has 1 saturated heterocycles. The number of piperidine rings is 1. The molecule has 26 heavy (non-hydrogen) atoms. The summed E-state index contributed by atoms with van der Waals surface area (Å²) in [5.74, 6) is 0.186. The second-order valence-electron chi connectivity index (χ2n) is 7.70. The molecule has 1 aromatic heterocycles. The van der Waals surface area contributed by atoms with E-state index in [-0.39, 0.29) is 23.5 Å². The van der Waals surface area contributed by atoms with Gasteiger partial charge in [-0.1, -0.05) is 12.1 Å². The minimum Gasteiger partial charge on any atom is -0.445 e. The highest BCUT2D eigenvalue weighted by Crippen LogP contribution is 2.26. The van der Waals surface area contributed by atoms with Gasteiger partial charge in [0.15, 0.2) is 5.82 Å². The Kier molecular flexibility index (Phi) is 5.00. The first-order chi connectivity index (χ1) is 12.3. The Morgan fingerprint density at radius 3 is 2.73 bits per heavy atom. The number of benzene rings is 1. The van der Waals surface area contributed by atoms with Crippen molar-refractivity contribution >= 4 is 28.7 Å². The van der Waals surface area contributed by atoms with Gasteiger partial charge in [0.25, 0.3) is 0 Å². The van der Waals surface area contributed by atoms with Crippen LogP contribution in [-0.4, -0.2) is 40.0 Å². The Bertz CT molecular complexity index is 815. The summed E-state index contributed by atoms with van der Waals surface area (Å²) < 4.78 is 6.44. The number of para-hydroxylation sites is 1. The van der Waals surface area contributed by atoms with Crippen LogP contribution >= 0.6 is 0 Å². The standard InChI is InChI=1S/C19H26N4O3/c1-12(2)26-18(25)23-15-8-6-5-7-14(15)16(22-23)21-17(24)13-9-10-19(3,4)20-11-13/h5-8,12-13,20H,9-11H2,1-4H3,(H,21,22,24)/t13-/m1/s1. The van der Waals surface area contributed by atoms with E-state index >= 15 is 0 Å². The number of anilines is 1. The van der Waals surface area contributed by atoms with Crippen LogP contribution in [0.3, 0.4) is 0 Å². The molecule has 3 rings (SSSR count). The number of amides is 1. The van der Waals surface area contributed by atoms with Gasteiger partial charge in [-0.2, -0.15) is 4.68 Å². The minimum atomic E-state index is -0.558. The maximum atomic E-state index is 12.7. The molecule has 0 saturated carbocycles. The van der Waals surface area contributed by atoms with Gasteiger partial charge in [0.1, 0.15) is 0 Å². The number of hydrogen-bond donors (Lipinski definition) is 2. The van der Waals surface area contributed by atoms with E-state index in [9.17, 15) is 9.59 Å². The number of nitrogens with one attached hydrogen (secondary N) is 2. The van der Waals surface area contributed by atoms with Crippen molar-refractivity contribution in [3.63, 3.8) is 0 Å². The van der Waals surface area contributed by atoms with E-state index in [1.54, 1.807) is 19.9 Å². The molecule has 2 heterocycles. The van der Waals surface area contributed by atoms with Crippen molar-refractivity contribution in [3.8, 4) is 0 Å². The minimum absolute atomic E-state index is 0.0612. The van der Waals surface area contributed by atoms with Crippen LogP contribution < -0.4 is 10.6 Å². The van der Waals surface area contributed by atoms with Crippen molar-refractivity contribution in [1.29, 1.82) is 0 Å². The summed E-state index contributed by atoms with van der Waals surface area (Å²) in [7, 11) is 0. The highest BCUT2D eigenvalue weighted by molar-refractivity contribution is 6.02. The van der Waals surface area contributed by atoms with Gasteiger partial charge in [0.2, 0.25) is 5.91 Å². The fourth-order valence-electron chi connectivity index (χ4n) is 3.12. The topological polar surface area (TPSA) is 85.2 Å². The number of nitrogens with zero attached hydrogens (tertiary/aromatic N) is 2. The van der Waals surface area contributed by atoms with E-state index < -0.39 is 6.09 Å². The fraction of sp³-hybridized carbons (Fsp3) is 0.526. The van der Waals surface area contributed by atoms with Crippen LogP contribution in [0.25, 0.3) is 10.9 Å². The third kappa shape index (κ3) is 3.88. The SMILES string of the molecule is CC(C)OC(=O)n1nc(NC(=O)[C@@H]2CCC(C)(C)NC2)c2ccccc21. The molecule has 1 aliphatic heterocycles. The summed E-state index contributed by atoms with van der Waals surface area (Å²) in [4.78, 5) is 25.0. The Balaban J connectivity index is 1.82. The van der Waals surface area contributed by atoms with E-state index in [0.29, 0.717) is 23.3 Å². The van der Waals surface area contributed by atoms with E-state index in [2.05, 4.69) is 29.6 Å². The molecule has 0 bridgehead atoms. The van der Waals surface area contributed by atoms with E-state index in [4.69, 9.17) is 4.74 Å². The fourth-order valence-corrected chi connectivity index (χ4v) is 3.12. The van der Waals surface area contributed by atoms with Crippen LogP contribution in [0.15, 0.2) is 24.3 Å². The van der Waals surface area contributed by atoms with Gasteiger partial charge in [-0.3, -0.25) is 4.79 Å².